The van der Waals surface area contributed by atoms with Crippen molar-refractivity contribution in [1.29, 1.82) is 0 Å². The second-order valence-corrected chi connectivity index (χ2v) is 7.08. The van der Waals surface area contributed by atoms with Crippen LogP contribution in [0.3, 0.4) is 0 Å². The summed E-state index contributed by atoms with van der Waals surface area (Å²) in [6.07, 6.45) is 2.47. The van der Waals surface area contributed by atoms with Crippen LogP contribution >= 0.6 is 35.0 Å². The molecule has 3 rings (SSSR count). The number of para-hydroxylation sites is 1. The van der Waals surface area contributed by atoms with Crippen LogP contribution in [0.15, 0.2) is 24.3 Å². The number of anilines is 1. The van der Waals surface area contributed by atoms with Gasteiger partial charge in [-0.15, -0.1) is 12.4 Å². The van der Waals surface area contributed by atoms with E-state index in [-0.39, 0.29) is 18.3 Å². The molecule has 2 aliphatic heterocycles. The van der Waals surface area contributed by atoms with E-state index in [1.54, 1.807) is 0 Å². The van der Waals surface area contributed by atoms with Crippen molar-refractivity contribution in [2.24, 2.45) is 5.41 Å². The Hall–Kier alpha value is -0.370. The summed E-state index contributed by atoms with van der Waals surface area (Å²) in [4.78, 5) is 14.4. The summed E-state index contributed by atoms with van der Waals surface area (Å²) >= 11 is 2.25. The maximum absolute atomic E-state index is 12.2. The van der Waals surface area contributed by atoms with Gasteiger partial charge in [0.1, 0.15) is 0 Å². The number of amides is 1. The molecule has 1 atom stereocenters. The van der Waals surface area contributed by atoms with Gasteiger partial charge in [0.05, 0.1) is 12.2 Å². The van der Waals surface area contributed by atoms with Crippen LogP contribution < -0.4 is 10.6 Å². The third-order valence-electron chi connectivity index (χ3n) is 4.36. The Morgan fingerprint density at radius 2 is 2.19 bits per heavy atom. The molecule has 21 heavy (non-hydrogen) atoms. The van der Waals surface area contributed by atoms with E-state index < -0.39 is 0 Å². The van der Waals surface area contributed by atoms with Gasteiger partial charge in [-0.25, -0.2) is 0 Å². The van der Waals surface area contributed by atoms with Gasteiger partial charge in [-0.3, -0.25) is 9.69 Å². The zero-order valence-corrected chi connectivity index (χ0v) is 14.9. The molecule has 1 spiro atoms. The molecule has 2 fully saturated rings. The fourth-order valence-corrected chi connectivity index (χ4v) is 3.78. The fraction of sp³-hybridized carbons (Fsp3) is 0.533. The molecule has 2 aliphatic rings. The summed E-state index contributed by atoms with van der Waals surface area (Å²) in [5.74, 6) is 0.0946. The first-order chi connectivity index (χ1) is 9.67. The third-order valence-corrected chi connectivity index (χ3v) is 5.31. The van der Waals surface area contributed by atoms with Crippen molar-refractivity contribution in [2.45, 2.75) is 12.8 Å². The zero-order chi connectivity index (χ0) is 14.0. The van der Waals surface area contributed by atoms with Gasteiger partial charge in [-0.2, -0.15) is 0 Å². The summed E-state index contributed by atoms with van der Waals surface area (Å²) in [6.45, 7) is 4.84. The van der Waals surface area contributed by atoms with E-state index in [9.17, 15) is 4.79 Å². The quantitative estimate of drug-likeness (QED) is 0.737. The van der Waals surface area contributed by atoms with Crippen LogP contribution in [-0.2, 0) is 4.79 Å². The fourth-order valence-electron chi connectivity index (χ4n) is 3.26. The van der Waals surface area contributed by atoms with Crippen LogP contribution in [0, 0.1) is 8.99 Å². The number of carbonyl (C=O) groups excluding carboxylic acids is 1. The van der Waals surface area contributed by atoms with E-state index in [1.807, 2.05) is 24.3 Å². The first-order valence-corrected chi connectivity index (χ1v) is 8.22. The van der Waals surface area contributed by atoms with Crippen molar-refractivity contribution in [3.63, 3.8) is 0 Å². The summed E-state index contributed by atoms with van der Waals surface area (Å²) in [6, 6.07) is 7.89. The Balaban J connectivity index is 0.00000161. The number of likely N-dealkylation sites (tertiary alicyclic amines) is 1. The van der Waals surface area contributed by atoms with Crippen LogP contribution in [0.4, 0.5) is 5.69 Å². The lowest BCUT2D eigenvalue weighted by Crippen LogP contribution is -2.34. The van der Waals surface area contributed by atoms with Crippen molar-refractivity contribution >= 4 is 46.6 Å². The molecule has 1 aromatic carbocycles. The van der Waals surface area contributed by atoms with Gasteiger partial charge in [-0.05, 0) is 66.1 Å². The molecule has 0 bridgehead atoms. The topological polar surface area (TPSA) is 44.4 Å². The lowest BCUT2D eigenvalue weighted by Gasteiger charge is -2.22. The van der Waals surface area contributed by atoms with Gasteiger partial charge in [0.25, 0.3) is 0 Å². The molecule has 0 saturated carbocycles. The molecule has 2 N–H and O–H groups in total. The molecule has 116 valence electrons. The van der Waals surface area contributed by atoms with E-state index in [4.69, 9.17) is 0 Å². The molecule has 0 aromatic heterocycles. The largest absolute Gasteiger partial charge is 0.324 e. The average Bonchev–Trinajstić information content (AvgIpc) is 3.03. The number of hydrogen-bond acceptors (Lipinski definition) is 3. The standard InChI is InChI=1S/C15H20IN3O.ClH/c16-12-3-1-2-4-13(12)18-14(20)9-19-8-6-15(11-19)5-7-17-10-15;/h1-4,17H,5-11H2,(H,18,20);1H. The third kappa shape index (κ3) is 4.09. The van der Waals surface area contributed by atoms with Crippen LogP contribution in [0.25, 0.3) is 0 Å². The Morgan fingerprint density at radius 1 is 1.38 bits per heavy atom. The normalized spacial score (nSPS) is 25.0. The highest BCUT2D eigenvalue weighted by Crippen LogP contribution is 2.35. The van der Waals surface area contributed by atoms with E-state index in [0.717, 1.165) is 35.4 Å². The molecule has 1 aromatic rings. The first-order valence-electron chi connectivity index (χ1n) is 7.14. The van der Waals surface area contributed by atoms with Gasteiger partial charge in [0.2, 0.25) is 5.91 Å². The molecular formula is C15H21ClIN3O. The maximum Gasteiger partial charge on any atom is 0.238 e. The van der Waals surface area contributed by atoms with Crippen molar-refractivity contribution in [3.05, 3.63) is 27.8 Å². The number of nitrogens with zero attached hydrogens (tertiary/aromatic N) is 1. The first kappa shape index (κ1) is 17.0. The number of benzene rings is 1. The molecule has 0 aliphatic carbocycles. The molecule has 4 nitrogen and oxygen atoms in total. The van der Waals surface area contributed by atoms with Crippen LogP contribution in [0.2, 0.25) is 0 Å². The molecule has 6 heteroatoms. The van der Waals surface area contributed by atoms with Gasteiger partial charge in [-0.1, -0.05) is 12.1 Å². The summed E-state index contributed by atoms with van der Waals surface area (Å²) in [5, 5.41) is 6.46. The van der Waals surface area contributed by atoms with E-state index >= 15 is 0 Å². The minimum Gasteiger partial charge on any atom is -0.324 e. The highest BCUT2D eigenvalue weighted by atomic mass is 127. The SMILES string of the molecule is Cl.O=C(CN1CCC2(CCNC2)C1)Nc1ccccc1I. The Bertz CT molecular complexity index is 505. The Kier molecular flexibility index (Phi) is 5.88. The molecule has 2 saturated heterocycles. The highest BCUT2D eigenvalue weighted by molar-refractivity contribution is 14.1. The predicted octanol–water partition coefficient (Wildman–Crippen LogP) is 2.34. The number of hydrogen-bond donors (Lipinski definition) is 2. The second-order valence-electron chi connectivity index (χ2n) is 5.92. The predicted molar refractivity (Wildman–Crippen MR) is 96.0 cm³/mol. The van der Waals surface area contributed by atoms with Crippen molar-refractivity contribution in [3.8, 4) is 0 Å². The number of rotatable bonds is 3. The van der Waals surface area contributed by atoms with Crippen molar-refractivity contribution in [2.75, 3.05) is 38.0 Å². The summed E-state index contributed by atoms with van der Waals surface area (Å²) in [7, 11) is 0. The number of halogens is 2. The molecular weight excluding hydrogens is 401 g/mol. The summed E-state index contributed by atoms with van der Waals surface area (Å²) in [5.41, 5.74) is 1.34. The smallest absolute Gasteiger partial charge is 0.238 e. The van der Waals surface area contributed by atoms with E-state index in [1.165, 1.54) is 12.8 Å². The lowest BCUT2D eigenvalue weighted by atomic mass is 9.87. The monoisotopic (exact) mass is 421 g/mol. The zero-order valence-electron chi connectivity index (χ0n) is 11.9. The van der Waals surface area contributed by atoms with E-state index in [0.29, 0.717) is 12.0 Å². The van der Waals surface area contributed by atoms with Crippen molar-refractivity contribution in [1.82, 2.24) is 10.2 Å². The second kappa shape index (κ2) is 7.26. The number of carbonyl (C=O) groups is 1. The van der Waals surface area contributed by atoms with Gasteiger partial charge in [0, 0.05) is 16.7 Å². The maximum atomic E-state index is 12.2. The number of nitrogens with one attached hydrogen (secondary N) is 2. The summed E-state index contributed by atoms with van der Waals surface area (Å²) < 4.78 is 1.08. The minimum atomic E-state index is 0. The Morgan fingerprint density at radius 3 is 2.90 bits per heavy atom. The minimum absolute atomic E-state index is 0. The van der Waals surface area contributed by atoms with Gasteiger partial charge >= 0.3 is 0 Å². The lowest BCUT2D eigenvalue weighted by molar-refractivity contribution is -0.117. The molecule has 1 unspecified atom stereocenters. The Labute approximate surface area is 145 Å². The van der Waals surface area contributed by atoms with Gasteiger partial charge < -0.3 is 10.6 Å². The van der Waals surface area contributed by atoms with Crippen LogP contribution in [0.5, 0.6) is 0 Å². The van der Waals surface area contributed by atoms with Crippen LogP contribution in [0.1, 0.15) is 12.8 Å². The van der Waals surface area contributed by atoms with Crippen LogP contribution in [-0.4, -0.2) is 43.5 Å². The average molecular weight is 422 g/mol. The molecule has 2 heterocycles. The molecule has 1 amide bonds. The highest BCUT2D eigenvalue weighted by Gasteiger charge is 2.40. The van der Waals surface area contributed by atoms with Gasteiger partial charge in [0.15, 0.2) is 0 Å². The van der Waals surface area contributed by atoms with Crippen molar-refractivity contribution < 1.29 is 4.79 Å². The van der Waals surface area contributed by atoms with E-state index in [2.05, 4.69) is 38.1 Å². The molecule has 0 radical (unpaired) electrons.